The van der Waals surface area contributed by atoms with Crippen molar-refractivity contribution in [2.45, 2.75) is 87.0 Å². The van der Waals surface area contributed by atoms with Crippen LogP contribution in [0.3, 0.4) is 0 Å². The number of ether oxygens (including phenoxy) is 1. The zero-order valence-electron chi connectivity index (χ0n) is 23.2. The second-order valence-electron chi connectivity index (χ2n) is 8.02. The van der Waals surface area contributed by atoms with E-state index >= 15 is 0 Å². The van der Waals surface area contributed by atoms with Gasteiger partial charge in [0.2, 0.25) is 0 Å². The second-order valence-corrected chi connectivity index (χ2v) is 8.02. The summed E-state index contributed by atoms with van der Waals surface area (Å²) in [6.45, 7) is 21.0. The van der Waals surface area contributed by atoms with Gasteiger partial charge >= 0.3 is 11.3 Å². The van der Waals surface area contributed by atoms with Crippen LogP contribution in [-0.2, 0) is 4.65 Å². The van der Waals surface area contributed by atoms with Crippen LogP contribution in [0.1, 0.15) is 91.2 Å². The van der Waals surface area contributed by atoms with Crippen LogP contribution in [0.5, 0.6) is 11.5 Å². The van der Waals surface area contributed by atoms with Crippen molar-refractivity contribution in [1.82, 2.24) is 0 Å². The van der Waals surface area contributed by atoms with E-state index in [1.165, 1.54) is 47.9 Å². The van der Waals surface area contributed by atoms with Gasteiger partial charge < -0.3 is 4.74 Å². The van der Waals surface area contributed by atoms with Gasteiger partial charge in [-0.25, -0.2) is 0 Å². The molecule has 190 valence electrons. The number of hydrogen-bond acceptors (Lipinski definition) is 1. The molecule has 4 rings (SSSR count). The molecule has 0 saturated heterocycles. The molecule has 2 heteroatoms. The van der Waals surface area contributed by atoms with Gasteiger partial charge in [-0.3, -0.25) is 0 Å². The maximum absolute atomic E-state index is 7.50. The van der Waals surface area contributed by atoms with Gasteiger partial charge in [-0.05, 0) is 72.6 Å². The van der Waals surface area contributed by atoms with Crippen molar-refractivity contribution in [3.8, 4) is 22.6 Å². The summed E-state index contributed by atoms with van der Waals surface area (Å²) in [6.07, 6.45) is 5.36. The van der Waals surface area contributed by atoms with Gasteiger partial charge in [0, 0.05) is 0 Å². The molecule has 35 heavy (non-hydrogen) atoms. The van der Waals surface area contributed by atoms with E-state index in [1.807, 2.05) is 53.7 Å². The first-order valence-corrected chi connectivity index (χ1v) is 13.3. The first kappa shape index (κ1) is 32.2. The SMILES string of the molecule is CC.CC.CC.Cc1ccc(-c2ccc(Oc3ccc(C4CCC(C)CC4)cc3)cc2)cc1.[C-]#[O+]. The molecule has 1 aliphatic carbocycles. The predicted molar refractivity (Wildman–Crippen MR) is 151 cm³/mol. The minimum absolute atomic E-state index is 0.726. The summed E-state index contributed by atoms with van der Waals surface area (Å²) in [6, 6.07) is 25.7. The second kappa shape index (κ2) is 19.5. The first-order valence-electron chi connectivity index (χ1n) is 13.3. The van der Waals surface area contributed by atoms with E-state index in [4.69, 9.17) is 9.39 Å². The average molecular weight is 475 g/mol. The standard InChI is InChI=1S/C26H28O.3C2H6.CO/c1-19-3-7-21(8-4-19)23-11-15-25(16-12-23)27-26-17-13-24(14-18-26)22-9-5-20(2)6-10-22;4*1-2/h3-4,7-8,11-18,20,22H,5-6,9-10H2,1-2H3;3*1-2H3;. The van der Waals surface area contributed by atoms with Gasteiger partial charge in [-0.2, -0.15) is 0 Å². The normalized spacial score (nSPS) is 15.7. The third-order valence-corrected chi connectivity index (χ3v) is 5.84. The molecule has 2 nitrogen and oxygen atoms in total. The molecule has 0 unspecified atom stereocenters. The van der Waals surface area contributed by atoms with Crippen molar-refractivity contribution in [1.29, 1.82) is 0 Å². The fourth-order valence-corrected chi connectivity index (χ4v) is 4.00. The Morgan fingerprint density at radius 3 is 1.40 bits per heavy atom. The quantitative estimate of drug-likeness (QED) is 0.273. The molecular formula is C33H46O2. The molecule has 0 amide bonds. The monoisotopic (exact) mass is 474 g/mol. The maximum atomic E-state index is 7.50. The van der Waals surface area contributed by atoms with Crippen LogP contribution in [0.2, 0.25) is 0 Å². The molecule has 1 aliphatic rings. The summed E-state index contributed by atoms with van der Waals surface area (Å²) >= 11 is 0. The van der Waals surface area contributed by atoms with E-state index in [0.29, 0.717) is 0 Å². The van der Waals surface area contributed by atoms with E-state index in [9.17, 15) is 0 Å². The number of rotatable bonds is 4. The van der Waals surface area contributed by atoms with E-state index in [1.54, 1.807) is 0 Å². The zero-order chi connectivity index (χ0) is 26.6. The Labute approximate surface area is 215 Å². The van der Waals surface area contributed by atoms with E-state index in [2.05, 4.69) is 81.2 Å². The van der Waals surface area contributed by atoms with E-state index in [0.717, 1.165) is 23.3 Å². The van der Waals surface area contributed by atoms with Crippen molar-refractivity contribution in [2.24, 2.45) is 5.92 Å². The van der Waals surface area contributed by atoms with Gasteiger partial charge in [0.1, 0.15) is 11.5 Å². The summed E-state index contributed by atoms with van der Waals surface area (Å²) in [5, 5.41) is 0. The van der Waals surface area contributed by atoms with E-state index < -0.39 is 0 Å². The van der Waals surface area contributed by atoms with Gasteiger partial charge in [0.25, 0.3) is 0 Å². The molecule has 3 aromatic rings. The minimum atomic E-state index is 0.726. The van der Waals surface area contributed by atoms with Crippen molar-refractivity contribution in [2.75, 3.05) is 0 Å². The summed E-state index contributed by atoms with van der Waals surface area (Å²) < 4.78 is 13.5. The average Bonchev–Trinajstić information content (AvgIpc) is 2.95. The Balaban J connectivity index is 0.00000132. The summed E-state index contributed by atoms with van der Waals surface area (Å²) in [5.41, 5.74) is 5.19. The van der Waals surface area contributed by atoms with Crippen LogP contribution in [0.15, 0.2) is 72.8 Å². The molecule has 0 radical (unpaired) electrons. The Hall–Kier alpha value is -2.80. The van der Waals surface area contributed by atoms with Gasteiger partial charge in [-0.15, -0.1) is 0 Å². The molecule has 0 heterocycles. The Morgan fingerprint density at radius 2 is 0.971 bits per heavy atom. The Kier molecular flexibility index (Phi) is 17.9. The van der Waals surface area contributed by atoms with Crippen LogP contribution in [0.4, 0.5) is 0 Å². The van der Waals surface area contributed by atoms with E-state index in [-0.39, 0.29) is 0 Å². The molecule has 0 aliphatic heterocycles. The van der Waals surface area contributed by atoms with Crippen LogP contribution >= 0.6 is 0 Å². The third kappa shape index (κ3) is 11.0. The molecular weight excluding hydrogens is 428 g/mol. The summed E-state index contributed by atoms with van der Waals surface area (Å²) in [4.78, 5) is 0. The molecule has 0 atom stereocenters. The Morgan fingerprint density at radius 1 is 0.600 bits per heavy atom. The molecule has 0 N–H and O–H groups in total. The van der Waals surface area contributed by atoms with Gasteiger partial charge in [0.05, 0.1) is 0 Å². The van der Waals surface area contributed by atoms with Crippen LogP contribution in [0.25, 0.3) is 11.1 Å². The van der Waals surface area contributed by atoms with Crippen molar-refractivity contribution >= 4 is 0 Å². The number of benzene rings is 3. The number of aryl methyl sites for hydroxylation is 1. The zero-order valence-corrected chi connectivity index (χ0v) is 23.2. The number of hydrogen-bond donors (Lipinski definition) is 0. The fraction of sp³-hybridized carbons (Fsp3) is 0.424. The van der Waals surface area contributed by atoms with Crippen molar-refractivity contribution in [3.05, 3.63) is 90.6 Å². The fourth-order valence-electron chi connectivity index (χ4n) is 4.00. The Bertz CT molecular complexity index is 898. The summed E-state index contributed by atoms with van der Waals surface area (Å²) in [5.74, 6) is 3.41. The predicted octanol–water partition coefficient (Wildman–Crippen LogP) is 10.8. The molecule has 3 aromatic carbocycles. The molecule has 0 bridgehead atoms. The topological polar surface area (TPSA) is 29.1 Å². The van der Waals surface area contributed by atoms with Crippen LogP contribution in [-0.4, -0.2) is 0 Å². The van der Waals surface area contributed by atoms with Gasteiger partial charge in [-0.1, -0.05) is 115 Å². The van der Waals surface area contributed by atoms with Crippen molar-refractivity contribution in [3.63, 3.8) is 0 Å². The molecule has 0 spiro atoms. The van der Waals surface area contributed by atoms with Crippen LogP contribution < -0.4 is 4.74 Å². The van der Waals surface area contributed by atoms with Crippen LogP contribution in [0, 0.1) is 19.5 Å². The molecule has 1 saturated carbocycles. The molecule has 0 aromatic heterocycles. The molecule has 1 fully saturated rings. The van der Waals surface area contributed by atoms with Gasteiger partial charge in [0.15, 0.2) is 0 Å². The first-order chi connectivity index (χ1) is 17.2. The van der Waals surface area contributed by atoms with Crippen molar-refractivity contribution < 1.29 is 9.39 Å². The third-order valence-electron chi connectivity index (χ3n) is 5.84. The summed E-state index contributed by atoms with van der Waals surface area (Å²) in [7, 11) is 0.